The summed E-state index contributed by atoms with van der Waals surface area (Å²) in [5.74, 6) is -2.16. The van der Waals surface area contributed by atoms with Crippen LogP contribution in [0.2, 0.25) is 0 Å². The fourth-order valence-electron chi connectivity index (χ4n) is 4.89. The zero-order chi connectivity index (χ0) is 28.8. The van der Waals surface area contributed by atoms with Gasteiger partial charge in [0.25, 0.3) is 23.6 Å². The van der Waals surface area contributed by atoms with Crippen LogP contribution in [0.25, 0.3) is 0 Å². The number of nitrogens with one attached hydrogen (secondary N) is 2. The average molecular weight is 621 g/mol. The van der Waals surface area contributed by atoms with Crippen molar-refractivity contribution in [2.24, 2.45) is 0 Å². The molecule has 4 bridgehead atoms. The maximum atomic E-state index is 14.0. The highest BCUT2D eigenvalue weighted by atomic mass is 33.1. The summed E-state index contributed by atoms with van der Waals surface area (Å²) in [5.41, 5.74) is 1.51. The quantitative estimate of drug-likeness (QED) is 0.349. The minimum atomic E-state index is -1.81. The third-order valence-corrected chi connectivity index (χ3v) is 14.6. The normalized spacial score (nSPS) is 32.4. The van der Waals surface area contributed by atoms with Crippen LogP contribution < -0.4 is 10.6 Å². The van der Waals surface area contributed by atoms with E-state index in [4.69, 9.17) is 0 Å². The van der Waals surface area contributed by atoms with Crippen molar-refractivity contribution >= 4 is 66.8 Å². The Morgan fingerprint density at radius 2 is 0.975 bits per heavy atom. The van der Waals surface area contributed by atoms with Gasteiger partial charge in [-0.3, -0.25) is 19.2 Å². The summed E-state index contributed by atoms with van der Waals surface area (Å²) in [7, 11) is 6.53. The Balaban J connectivity index is 1.65. The second-order valence-electron chi connectivity index (χ2n) is 9.83. The molecule has 0 unspecified atom stereocenters. The van der Waals surface area contributed by atoms with Crippen LogP contribution in [0.4, 0.5) is 0 Å². The summed E-state index contributed by atoms with van der Waals surface area (Å²) in [4.78, 5) is 51.9. The fourth-order valence-corrected chi connectivity index (χ4v) is 11.5. The molecule has 212 valence electrons. The molecule has 40 heavy (non-hydrogen) atoms. The molecule has 2 aromatic rings. The predicted octanol–water partition coefficient (Wildman–Crippen LogP) is 1.19. The molecule has 6 fully saturated rings. The zero-order valence-electron chi connectivity index (χ0n) is 21.7. The van der Waals surface area contributed by atoms with E-state index in [1.807, 2.05) is 60.7 Å². The first-order valence-electron chi connectivity index (χ1n) is 12.3. The highest BCUT2D eigenvalue weighted by Gasteiger charge is 2.65. The first kappa shape index (κ1) is 29.1. The Labute approximate surface area is 247 Å². The molecule has 0 radical (unpaired) electrons. The van der Waals surface area contributed by atoms with E-state index in [1.54, 1.807) is 0 Å². The Morgan fingerprint density at radius 3 is 1.30 bits per heavy atom. The number of hydrogen-bond acceptors (Lipinski definition) is 10. The molecule has 10 nitrogen and oxygen atoms in total. The van der Waals surface area contributed by atoms with E-state index in [0.717, 1.165) is 54.3 Å². The summed E-state index contributed by atoms with van der Waals surface area (Å²) in [6.07, 6.45) is 0.159. The number of benzene rings is 2. The smallest absolute Gasteiger partial charge is 0.263 e. The number of carbonyl (C=O) groups is 4. The molecule has 0 saturated carbocycles. The first-order chi connectivity index (χ1) is 19.1. The fraction of sp³-hybridized carbons (Fsp3) is 0.385. The minimum Gasteiger partial charge on any atom is -0.392 e. The van der Waals surface area contributed by atoms with Crippen LogP contribution in [0.5, 0.6) is 0 Å². The average Bonchev–Trinajstić information content (AvgIpc) is 2.97. The molecule has 0 aromatic heterocycles. The standard InChI is InChI=1S/C26H28N4O6S4/c1-29-21(35)23(15-31)27-19(33)25(29,13-17-9-5-3-6-10-17)39-38-24(16-32)22(36)30(2)26(40-37-23,20(34)28-24)14-18-11-7-4-8-12-18/h3-12,31-32H,13-16H2,1-2H3,(H,27,33)(H,28,34)/t23-,24-,25-,26-/m0/s1. The van der Waals surface area contributed by atoms with Crippen molar-refractivity contribution in [2.45, 2.75) is 32.3 Å². The van der Waals surface area contributed by atoms with Gasteiger partial charge in [0, 0.05) is 26.9 Å². The number of piperazine rings is 2. The second-order valence-corrected chi connectivity index (χ2v) is 15.2. The van der Waals surface area contributed by atoms with Gasteiger partial charge in [-0.25, -0.2) is 0 Å². The lowest BCUT2D eigenvalue weighted by Crippen LogP contribution is -2.77. The van der Waals surface area contributed by atoms with Crippen LogP contribution in [0, 0.1) is 0 Å². The molecule has 6 aliphatic rings. The molecule has 4 amide bonds. The second kappa shape index (κ2) is 10.8. The molecule has 6 heterocycles. The number of hydrogen-bond donors (Lipinski definition) is 4. The number of likely N-dealkylation sites (N-methyl/N-ethyl adjacent to an activating group) is 2. The highest BCUT2D eigenvalue weighted by molar-refractivity contribution is 8.78. The zero-order valence-corrected chi connectivity index (χ0v) is 24.9. The highest BCUT2D eigenvalue weighted by Crippen LogP contribution is 2.56. The molecule has 0 aliphatic carbocycles. The minimum absolute atomic E-state index is 0.0797. The van der Waals surface area contributed by atoms with Crippen LogP contribution >= 0.6 is 43.2 Å². The van der Waals surface area contributed by atoms with Crippen molar-refractivity contribution in [1.82, 2.24) is 20.4 Å². The lowest BCUT2D eigenvalue weighted by molar-refractivity contribution is -0.152. The van der Waals surface area contributed by atoms with E-state index in [9.17, 15) is 29.4 Å². The molecule has 0 spiro atoms. The summed E-state index contributed by atoms with van der Waals surface area (Å²) < 4.78 is 0. The number of carbonyl (C=O) groups excluding carboxylic acids is 4. The van der Waals surface area contributed by atoms with E-state index in [0.29, 0.717) is 0 Å². The van der Waals surface area contributed by atoms with E-state index in [1.165, 1.54) is 23.9 Å². The van der Waals surface area contributed by atoms with Gasteiger partial charge in [-0.1, -0.05) is 82.3 Å². The summed E-state index contributed by atoms with van der Waals surface area (Å²) in [6, 6.07) is 18.2. The van der Waals surface area contributed by atoms with E-state index in [-0.39, 0.29) is 12.8 Å². The molecule has 8 rings (SSSR count). The predicted molar refractivity (Wildman–Crippen MR) is 158 cm³/mol. The Hall–Kier alpha value is -2.36. The number of aliphatic hydroxyl groups excluding tert-OH is 2. The molecular formula is C26H28N4O6S4. The summed E-state index contributed by atoms with van der Waals surface area (Å²) >= 11 is 0. The maximum Gasteiger partial charge on any atom is 0.263 e. The first-order valence-corrected chi connectivity index (χ1v) is 16.6. The van der Waals surface area contributed by atoms with E-state index < -0.39 is 56.3 Å². The van der Waals surface area contributed by atoms with Crippen molar-refractivity contribution < 1.29 is 29.4 Å². The Bertz CT molecular complexity index is 1240. The summed E-state index contributed by atoms with van der Waals surface area (Å²) in [5, 5.41) is 26.6. The molecule has 6 saturated heterocycles. The third-order valence-electron chi connectivity index (χ3n) is 7.39. The van der Waals surface area contributed by atoms with E-state index in [2.05, 4.69) is 10.6 Å². The van der Waals surface area contributed by atoms with Gasteiger partial charge in [0.05, 0.1) is 13.2 Å². The van der Waals surface area contributed by atoms with Gasteiger partial charge in [-0.2, -0.15) is 0 Å². The van der Waals surface area contributed by atoms with Crippen LogP contribution in [0.1, 0.15) is 11.1 Å². The molecule has 6 aliphatic heterocycles. The number of amides is 4. The molecular weight excluding hydrogens is 593 g/mol. The molecule has 2 aromatic carbocycles. The topological polar surface area (TPSA) is 139 Å². The monoisotopic (exact) mass is 620 g/mol. The van der Waals surface area contributed by atoms with Gasteiger partial charge in [0.2, 0.25) is 0 Å². The maximum absolute atomic E-state index is 14.0. The van der Waals surface area contributed by atoms with Crippen molar-refractivity contribution in [1.29, 1.82) is 0 Å². The van der Waals surface area contributed by atoms with Gasteiger partial charge in [-0.05, 0) is 32.7 Å². The van der Waals surface area contributed by atoms with Gasteiger partial charge < -0.3 is 30.6 Å². The summed E-state index contributed by atoms with van der Waals surface area (Å²) in [6.45, 7) is -1.47. The molecule has 4 N–H and O–H groups in total. The van der Waals surface area contributed by atoms with Gasteiger partial charge >= 0.3 is 0 Å². The van der Waals surface area contributed by atoms with Gasteiger partial charge in [0.15, 0.2) is 19.5 Å². The van der Waals surface area contributed by atoms with Crippen LogP contribution in [0.15, 0.2) is 60.7 Å². The third kappa shape index (κ3) is 4.49. The number of nitrogens with zero attached hydrogens (tertiary/aromatic N) is 2. The number of aliphatic hydroxyl groups is 2. The van der Waals surface area contributed by atoms with E-state index >= 15 is 0 Å². The lowest BCUT2D eigenvalue weighted by atomic mass is 9.99. The van der Waals surface area contributed by atoms with Crippen molar-refractivity contribution in [2.75, 3.05) is 27.3 Å². The molecule has 14 heteroatoms. The largest absolute Gasteiger partial charge is 0.392 e. The van der Waals surface area contributed by atoms with Crippen molar-refractivity contribution in [3.8, 4) is 0 Å². The number of rotatable bonds is 6. The Kier molecular flexibility index (Phi) is 7.87. The van der Waals surface area contributed by atoms with Crippen LogP contribution in [-0.4, -0.2) is 90.4 Å². The Morgan fingerprint density at radius 1 is 0.625 bits per heavy atom. The van der Waals surface area contributed by atoms with Crippen molar-refractivity contribution in [3.05, 3.63) is 71.8 Å². The SMILES string of the molecule is CN1C(=O)[C@@]2(CO)NC(=O)[C@]1(Cc1ccccc1)SS[C@]1(CO)NC(=O)[C@](Cc3ccccc3)(SS2)N(C)C1=O. The van der Waals surface area contributed by atoms with Crippen LogP contribution in [0.3, 0.4) is 0 Å². The lowest BCUT2D eigenvalue weighted by Gasteiger charge is -2.54. The molecule has 4 atom stereocenters. The van der Waals surface area contributed by atoms with Crippen molar-refractivity contribution in [3.63, 3.8) is 0 Å². The van der Waals surface area contributed by atoms with Gasteiger partial charge in [-0.15, -0.1) is 0 Å². The van der Waals surface area contributed by atoms with Crippen LogP contribution in [-0.2, 0) is 32.0 Å². The van der Waals surface area contributed by atoms with Gasteiger partial charge in [0.1, 0.15) is 0 Å².